The molecule has 0 atom stereocenters. The van der Waals surface area contributed by atoms with Gasteiger partial charge >= 0.3 is 0 Å². The molecule has 3 N–H and O–H groups in total. The summed E-state index contributed by atoms with van der Waals surface area (Å²) < 4.78 is 0. The van der Waals surface area contributed by atoms with Crippen LogP contribution in [0.15, 0.2) is 24.3 Å². The number of aromatic hydroxyl groups is 1. The molecule has 0 saturated heterocycles. The van der Waals surface area contributed by atoms with E-state index in [2.05, 4.69) is 107 Å². The van der Waals surface area contributed by atoms with Crippen molar-refractivity contribution in [2.75, 3.05) is 5.73 Å². The van der Waals surface area contributed by atoms with Gasteiger partial charge in [0.15, 0.2) is 0 Å². The molecule has 0 saturated carbocycles. The van der Waals surface area contributed by atoms with Crippen molar-refractivity contribution in [3.05, 3.63) is 57.6 Å². The molecule has 0 heterocycles. The van der Waals surface area contributed by atoms with Crippen LogP contribution in [0.4, 0.5) is 5.69 Å². The summed E-state index contributed by atoms with van der Waals surface area (Å²) in [6.07, 6.45) is 0.818. The van der Waals surface area contributed by atoms with E-state index in [0.29, 0.717) is 5.75 Å². The molecular weight excluding hydrogens is 378 g/mol. The topological polar surface area (TPSA) is 46.2 Å². The van der Waals surface area contributed by atoms with Gasteiger partial charge in [0.2, 0.25) is 0 Å². The third-order valence-corrected chi connectivity index (χ3v) is 6.05. The summed E-state index contributed by atoms with van der Waals surface area (Å²) in [7, 11) is 0. The Morgan fingerprint density at radius 1 is 0.548 bits per heavy atom. The lowest BCUT2D eigenvalue weighted by atomic mass is 9.76. The first-order valence-corrected chi connectivity index (χ1v) is 11.5. The highest BCUT2D eigenvalue weighted by molar-refractivity contribution is 5.61. The van der Waals surface area contributed by atoms with Crippen LogP contribution in [0.1, 0.15) is 116 Å². The third-order valence-electron chi connectivity index (χ3n) is 6.05. The lowest BCUT2D eigenvalue weighted by Crippen LogP contribution is -2.21. The van der Waals surface area contributed by atoms with Crippen LogP contribution in [-0.4, -0.2) is 5.11 Å². The maximum atomic E-state index is 11.1. The molecule has 31 heavy (non-hydrogen) atoms. The van der Waals surface area contributed by atoms with Crippen molar-refractivity contribution in [2.24, 2.45) is 0 Å². The van der Waals surface area contributed by atoms with Gasteiger partial charge in [-0.2, -0.15) is 0 Å². The second-order valence-corrected chi connectivity index (χ2v) is 13.3. The second-order valence-electron chi connectivity index (χ2n) is 13.3. The van der Waals surface area contributed by atoms with E-state index in [1.165, 1.54) is 22.3 Å². The molecule has 0 unspecified atom stereocenters. The van der Waals surface area contributed by atoms with E-state index in [4.69, 9.17) is 5.73 Å². The summed E-state index contributed by atoms with van der Waals surface area (Å²) in [4.78, 5) is 0. The van der Waals surface area contributed by atoms with Gasteiger partial charge in [-0.1, -0.05) is 107 Å². The van der Waals surface area contributed by atoms with Gasteiger partial charge in [-0.05, 0) is 61.5 Å². The fourth-order valence-electron chi connectivity index (χ4n) is 4.23. The number of anilines is 1. The minimum absolute atomic E-state index is 0.0256. The molecule has 2 heteroatoms. The van der Waals surface area contributed by atoms with Crippen molar-refractivity contribution < 1.29 is 5.11 Å². The van der Waals surface area contributed by atoms with Gasteiger partial charge < -0.3 is 10.8 Å². The Morgan fingerprint density at radius 2 is 0.806 bits per heavy atom. The molecule has 0 aliphatic carbocycles. The van der Waals surface area contributed by atoms with E-state index >= 15 is 0 Å². The van der Waals surface area contributed by atoms with Crippen LogP contribution < -0.4 is 5.73 Å². The largest absolute Gasteiger partial charge is 0.507 e. The van der Waals surface area contributed by atoms with Crippen LogP contribution in [0.5, 0.6) is 5.75 Å². The van der Waals surface area contributed by atoms with Gasteiger partial charge in [-0.3, -0.25) is 0 Å². The van der Waals surface area contributed by atoms with Crippen molar-refractivity contribution in [2.45, 2.75) is 111 Å². The fraction of sp³-hybridized carbons (Fsp3) is 0.586. The molecular formula is C29H45NO. The number of phenols is 1. The maximum Gasteiger partial charge on any atom is 0.123 e. The Hall–Kier alpha value is -1.96. The van der Waals surface area contributed by atoms with Gasteiger partial charge in [0.1, 0.15) is 5.75 Å². The molecule has 0 fully saturated rings. The SMILES string of the molecule is CC(C)(C)c1cc(Cc2cc(C(C)(C)C)c(O)c(C(C)(C)C)c2)cc(C(C)(C)C)c1N. The average Bonchev–Trinajstić information content (AvgIpc) is 2.53. The van der Waals surface area contributed by atoms with Crippen molar-refractivity contribution in [3.63, 3.8) is 0 Å². The van der Waals surface area contributed by atoms with E-state index in [9.17, 15) is 5.11 Å². The minimum Gasteiger partial charge on any atom is -0.507 e. The summed E-state index contributed by atoms with van der Waals surface area (Å²) in [5, 5.41) is 11.1. The number of benzene rings is 2. The number of phenolic OH excluding ortho intramolecular Hbond substituents is 1. The predicted octanol–water partition coefficient (Wildman–Crippen LogP) is 7.76. The van der Waals surface area contributed by atoms with Crippen molar-refractivity contribution in [1.29, 1.82) is 0 Å². The maximum absolute atomic E-state index is 11.1. The van der Waals surface area contributed by atoms with Gasteiger partial charge in [0.05, 0.1) is 0 Å². The molecule has 0 aliphatic rings. The molecule has 2 aromatic carbocycles. The average molecular weight is 424 g/mol. The zero-order chi connectivity index (χ0) is 24.2. The van der Waals surface area contributed by atoms with E-state index in [-0.39, 0.29) is 21.7 Å². The molecule has 0 spiro atoms. The molecule has 0 aliphatic heterocycles. The number of hydrogen-bond donors (Lipinski definition) is 2. The second kappa shape index (κ2) is 7.87. The van der Waals surface area contributed by atoms with Crippen LogP contribution >= 0.6 is 0 Å². The monoisotopic (exact) mass is 423 g/mol. The third kappa shape index (κ3) is 5.64. The highest BCUT2D eigenvalue weighted by Gasteiger charge is 2.28. The van der Waals surface area contributed by atoms with E-state index < -0.39 is 0 Å². The quantitative estimate of drug-likeness (QED) is 0.485. The van der Waals surface area contributed by atoms with Gasteiger partial charge in [-0.15, -0.1) is 0 Å². The van der Waals surface area contributed by atoms with E-state index in [1.54, 1.807) is 0 Å². The first kappa shape index (κ1) is 25.3. The number of hydrogen-bond acceptors (Lipinski definition) is 2. The Kier molecular flexibility index (Phi) is 6.42. The van der Waals surface area contributed by atoms with Gasteiger partial charge in [0, 0.05) is 5.69 Å². The molecule has 0 amide bonds. The van der Waals surface area contributed by atoms with E-state index in [0.717, 1.165) is 23.2 Å². The molecule has 0 aromatic heterocycles. The number of nitrogens with two attached hydrogens (primary N) is 1. The van der Waals surface area contributed by atoms with Gasteiger partial charge in [-0.25, -0.2) is 0 Å². The Labute approximate surface area is 191 Å². The van der Waals surface area contributed by atoms with Crippen LogP contribution in [-0.2, 0) is 28.1 Å². The smallest absolute Gasteiger partial charge is 0.123 e. The number of rotatable bonds is 2. The lowest BCUT2D eigenvalue weighted by molar-refractivity contribution is 0.423. The zero-order valence-electron chi connectivity index (χ0n) is 22.0. The zero-order valence-corrected chi connectivity index (χ0v) is 22.0. The Bertz CT molecular complexity index is 805. The Morgan fingerprint density at radius 3 is 1.06 bits per heavy atom. The standard InChI is InChI=1S/C29H45NO/c1-26(2,3)20-14-18(15-21(24(20)30)27(4,5)6)13-19-16-22(28(7,8)9)25(31)23(17-19)29(10,11)12/h14-17,31H,13,30H2,1-12H3. The normalized spacial score (nSPS) is 13.5. The summed E-state index contributed by atoms with van der Waals surface area (Å²) in [5.74, 6) is 0.437. The number of nitrogen functional groups attached to an aromatic ring is 1. The molecule has 2 nitrogen and oxygen atoms in total. The molecule has 172 valence electrons. The van der Waals surface area contributed by atoms with Crippen LogP contribution in [0.2, 0.25) is 0 Å². The van der Waals surface area contributed by atoms with Gasteiger partial charge in [0.25, 0.3) is 0 Å². The highest BCUT2D eigenvalue weighted by Crippen LogP contribution is 2.41. The van der Waals surface area contributed by atoms with Crippen LogP contribution in [0.3, 0.4) is 0 Å². The first-order valence-electron chi connectivity index (χ1n) is 11.5. The van der Waals surface area contributed by atoms with Crippen molar-refractivity contribution in [3.8, 4) is 5.75 Å². The summed E-state index contributed by atoms with van der Waals surface area (Å²) in [6.45, 7) is 26.3. The molecule has 0 bridgehead atoms. The summed E-state index contributed by atoms with van der Waals surface area (Å²) in [6, 6.07) is 8.94. The highest BCUT2D eigenvalue weighted by atomic mass is 16.3. The predicted molar refractivity (Wildman–Crippen MR) is 137 cm³/mol. The molecule has 0 radical (unpaired) electrons. The summed E-state index contributed by atoms with van der Waals surface area (Å²) in [5.41, 5.74) is 14.2. The van der Waals surface area contributed by atoms with Crippen molar-refractivity contribution in [1.82, 2.24) is 0 Å². The first-order chi connectivity index (χ1) is 13.7. The van der Waals surface area contributed by atoms with Crippen molar-refractivity contribution >= 4 is 5.69 Å². The Balaban J connectivity index is 2.73. The molecule has 2 rings (SSSR count). The summed E-state index contributed by atoms with van der Waals surface area (Å²) >= 11 is 0. The van der Waals surface area contributed by atoms with E-state index in [1.807, 2.05) is 0 Å². The van der Waals surface area contributed by atoms with Crippen LogP contribution in [0, 0.1) is 0 Å². The fourth-order valence-corrected chi connectivity index (χ4v) is 4.23. The minimum atomic E-state index is -0.131. The van der Waals surface area contributed by atoms with Crippen LogP contribution in [0.25, 0.3) is 0 Å². The molecule has 2 aromatic rings. The lowest BCUT2D eigenvalue weighted by Gasteiger charge is -2.30.